The summed E-state index contributed by atoms with van der Waals surface area (Å²) < 4.78 is 4.79. The molecule has 1 fully saturated rings. The molecule has 2 amide bonds. The molecule has 6 nitrogen and oxygen atoms in total. The van der Waals surface area contributed by atoms with Crippen LogP contribution < -0.4 is 0 Å². The first-order chi connectivity index (χ1) is 12.0. The molecule has 1 aliphatic rings. The zero-order chi connectivity index (χ0) is 18.0. The number of hydrogen-bond donors (Lipinski definition) is 0. The van der Waals surface area contributed by atoms with Crippen molar-refractivity contribution in [1.82, 2.24) is 9.80 Å². The number of nitrogens with zero attached hydrogens (tertiary/aromatic N) is 2. The summed E-state index contributed by atoms with van der Waals surface area (Å²) in [5, 5.41) is 2.05. The minimum atomic E-state index is -0.763. The number of esters is 1. The Hall–Kier alpha value is -2.89. The number of rotatable bonds is 2. The van der Waals surface area contributed by atoms with Gasteiger partial charge in [-0.1, -0.05) is 30.3 Å². The van der Waals surface area contributed by atoms with E-state index in [4.69, 9.17) is 4.74 Å². The number of carbonyl (C=O) groups is 3. The van der Waals surface area contributed by atoms with Crippen molar-refractivity contribution in [3.8, 4) is 0 Å². The number of amides is 2. The van der Waals surface area contributed by atoms with Gasteiger partial charge in [-0.3, -0.25) is 9.59 Å². The van der Waals surface area contributed by atoms with E-state index in [0.29, 0.717) is 18.7 Å². The Kier molecular flexibility index (Phi) is 4.70. The molecule has 1 atom stereocenters. The third-order valence-corrected chi connectivity index (χ3v) is 4.54. The third kappa shape index (κ3) is 3.33. The Morgan fingerprint density at radius 1 is 1.04 bits per heavy atom. The molecule has 0 saturated carbocycles. The van der Waals surface area contributed by atoms with Gasteiger partial charge in [-0.25, -0.2) is 4.79 Å². The van der Waals surface area contributed by atoms with Crippen LogP contribution in [-0.2, 0) is 14.3 Å². The molecule has 0 aliphatic carbocycles. The van der Waals surface area contributed by atoms with Crippen LogP contribution in [0.4, 0.5) is 0 Å². The molecule has 0 bridgehead atoms. The quantitative estimate of drug-likeness (QED) is 0.780. The number of hydrogen-bond acceptors (Lipinski definition) is 4. The molecule has 0 aromatic heterocycles. The van der Waals surface area contributed by atoms with Crippen molar-refractivity contribution < 1.29 is 19.1 Å². The molecule has 130 valence electrons. The highest BCUT2D eigenvalue weighted by Gasteiger charge is 2.36. The van der Waals surface area contributed by atoms with Crippen LogP contribution in [0.3, 0.4) is 0 Å². The average Bonchev–Trinajstić information content (AvgIpc) is 2.65. The van der Waals surface area contributed by atoms with E-state index in [9.17, 15) is 14.4 Å². The first kappa shape index (κ1) is 17.0. The molecule has 25 heavy (non-hydrogen) atoms. The van der Waals surface area contributed by atoms with Gasteiger partial charge < -0.3 is 14.5 Å². The van der Waals surface area contributed by atoms with Crippen LogP contribution in [0.5, 0.6) is 0 Å². The van der Waals surface area contributed by atoms with Gasteiger partial charge in [0.15, 0.2) is 0 Å². The van der Waals surface area contributed by atoms with Gasteiger partial charge in [0.05, 0.1) is 13.7 Å². The van der Waals surface area contributed by atoms with Gasteiger partial charge >= 0.3 is 5.97 Å². The summed E-state index contributed by atoms with van der Waals surface area (Å²) >= 11 is 0. The van der Waals surface area contributed by atoms with Crippen LogP contribution in [0.1, 0.15) is 17.3 Å². The van der Waals surface area contributed by atoms with Crippen LogP contribution in [0.15, 0.2) is 42.5 Å². The van der Waals surface area contributed by atoms with Gasteiger partial charge in [-0.05, 0) is 22.9 Å². The molecule has 1 unspecified atom stereocenters. The number of carbonyl (C=O) groups excluding carboxylic acids is 3. The molecule has 2 aromatic carbocycles. The van der Waals surface area contributed by atoms with Crippen molar-refractivity contribution in [3.63, 3.8) is 0 Å². The van der Waals surface area contributed by atoms with E-state index in [-0.39, 0.29) is 18.4 Å². The summed E-state index contributed by atoms with van der Waals surface area (Å²) in [6.07, 6.45) is 0. The standard InChI is InChI=1S/C19H20N2O4/c1-13(22)21-10-9-20(12-17(21)19(24)25-2)18(23)16-8-7-14-5-3-4-6-15(14)11-16/h3-8,11,17H,9-10,12H2,1-2H3. The second-order valence-electron chi connectivity index (χ2n) is 6.06. The van der Waals surface area contributed by atoms with E-state index in [1.807, 2.05) is 36.4 Å². The van der Waals surface area contributed by atoms with Crippen LogP contribution >= 0.6 is 0 Å². The van der Waals surface area contributed by atoms with Gasteiger partial charge in [0.25, 0.3) is 5.91 Å². The van der Waals surface area contributed by atoms with Gasteiger partial charge in [-0.15, -0.1) is 0 Å². The molecule has 3 rings (SSSR count). The predicted octanol–water partition coefficient (Wildman–Crippen LogP) is 1.69. The highest BCUT2D eigenvalue weighted by atomic mass is 16.5. The maximum absolute atomic E-state index is 12.8. The predicted molar refractivity (Wildman–Crippen MR) is 93.0 cm³/mol. The number of benzene rings is 2. The second kappa shape index (κ2) is 6.93. The fourth-order valence-electron chi connectivity index (χ4n) is 3.19. The van der Waals surface area contributed by atoms with Gasteiger partial charge in [0, 0.05) is 25.6 Å². The lowest BCUT2D eigenvalue weighted by molar-refractivity contribution is -0.154. The van der Waals surface area contributed by atoms with E-state index in [2.05, 4.69) is 0 Å². The Morgan fingerprint density at radius 2 is 1.76 bits per heavy atom. The fourth-order valence-corrected chi connectivity index (χ4v) is 3.19. The molecule has 1 saturated heterocycles. The van der Waals surface area contributed by atoms with Gasteiger partial charge in [0.2, 0.25) is 5.91 Å². The number of methoxy groups -OCH3 is 1. The van der Waals surface area contributed by atoms with Crippen LogP contribution in [-0.4, -0.2) is 60.4 Å². The maximum atomic E-state index is 12.8. The topological polar surface area (TPSA) is 66.9 Å². The Balaban J connectivity index is 1.83. The normalized spacial score (nSPS) is 17.4. The van der Waals surface area contributed by atoms with E-state index in [1.54, 1.807) is 11.0 Å². The molecule has 1 heterocycles. The smallest absolute Gasteiger partial charge is 0.330 e. The lowest BCUT2D eigenvalue weighted by atomic mass is 10.1. The fraction of sp³-hybridized carbons (Fsp3) is 0.316. The highest BCUT2D eigenvalue weighted by Crippen LogP contribution is 2.19. The molecule has 1 aliphatic heterocycles. The SMILES string of the molecule is COC(=O)C1CN(C(=O)c2ccc3ccccc3c2)CCN1C(C)=O. The van der Waals surface area contributed by atoms with Crippen molar-refractivity contribution in [1.29, 1.82) is 0 Å². The van der Waals surface area contributed by atoms with Crippen molar-refractivity contribution in [3.05, 3.63) is 48.0 Å². The van der Waals surface area contributed by atoms with Crippen molar-refractivity contribution in [2.24, 2.45) is 0 Å². The highest BCUT2D eigenvalue weighted by molar-refractivity contribution is 5.99. The molecule has 0 spiro atoms. The lowest BCUT2D eigenvalue weighted by Gasteiger charge is -2.39. The number of ether oxygens (including phenoxy) is 1. The summed E-state index contributed by atoms with van der Waals surface area (Å²) in [6, 6.07) is 12.6. The minimum Gasteiger partial charge on any atom is -0.467 e. The molecule has 6 heteroatoms. The van der Waals surface area contributed by atoms with Gasteiger partial charge in [-0.2, -0.15) is 0 Å². The number of piperazine rings is 1. The van der Waals surface area contributed by atoms with Crippen LogP contribution in [0, 0.1) is 0 Å². The monoisotopic (exact) mass is 340 g/mol. The van der Waals surface area contributed by atoms with Crippen molar-refractivity contribution in [2.75, 3.05) is 26.7 Å². The van der Waals surface area contributed by atoms with E-state index in [0.717, 1.165) is 10.8 Å². The Labute approximate surface area is 146 Å². The lowest BCUT2D eigenvalue weighted by Crippen LogP contribution is -2.59. The second-order valence-corrected chi connectivity index (χ2v) is 6.06. The zero-order valence-electron chi connectivity index (χ0n) is 14.3. The summed E-state index contributed by atoms with van der Waals surface area (Å²) in [5.41, 5.74) is 0.568. The van der Waals surface area contributed by atoms with E-state index in [1.165, 1.54) is 18.9 Å². The Morgan fingerprint density at radius 3 is 2.44 bits per heavy atom. The molecule has 0 N–H and O–H groups in total. The van der Waals surface area contributed by atoms with Crippen molar-refractivity contribution >= 4 is 28.6 Å². The first-order valence-electron chi connectivity index (χ1n) is 8.14. The van der Waals surface area contributed by atoms with Crippen LogP contribution in [0.2, 0.25) is 0 Å². The molecular formula is C19H20N2O4. The third-order valence-electron chi connectivity index (χ3n) is 4.54. The maximum Gasteiger partial charge on any atom is 0.330 e. The molecular weight excluding hydrogens is 320 g/mol. The summed E-state index contributed by atoms with van der Waals surface area (Å²) in [7, 11) is 1.28. The summed E-state index contributed by atoms with van der Waals surface area (Å²) in [5.74, 6) is -0.859. The number of fused-ring (bicyclic) bond motifs is 1. The largest absolute Gasteiger partial charge is 0.467 e. The average molecular weight is 340 g/mol. The minimum absolute atomic E-state index is 0.137. The molecule has 0 radical (unpaired) electrons. The first-order valence-corrected chi connectivity index (χ1v) is 8.14. The van der Waals surface area contributed by atoms with E-state index >= 15 is 0 Å². The Bertz CT molecular complexity index is 833. The van der Waals surface area contributed by atoms with Crippen molar-refractivity contribution in [2.45, 2.75) is 13.0 Å². The summed E-state index contributed by atoms with van der Waals surface area (Å²) in [4.78, 5) is 39.6. The summed E-state index contributed by atoms with van der Waals surface area (Å²) in [6.45, 7) is 2.25. The molecule has 2 aromatic rings. The van der Waals surface area contributed by atoms with Gasteiger partial charge in [0.1, 0.15) is 6.04 Å². The zero-order valence-corrected chi connectivity index (χ0v) is 14.3. The van der Waals surface area contributed by atoms with Crippen LogP contribution in [0.25, 0.3) is 10.8 Å². The van der Waals surface area contributed by atoms with E-state index < -0.39 is 12.0 Å².